The van der Waals surface area contributed by atoms with Gasteiger partial charge in [-0.2, -0.15) is 0 Å². The number of allylic oxidation sites excluding steroid dienone is 2. The monoisotopic (exact) mass is 192 g/mol. The molecule has 0 N–H and O–H groups in total. The van der Waals surface area contributed by atoms with Crippen LogP contribution in [0.1, 0.15) is 24.0 Å². The van der Waals surface area contributed by atoms with E-state index in [0.29, 0.717) is 0 Å². The second kappa shape index (κ2) is 3.55. The summed E-state index contributed by atoms with van der Waals surface area (Å²) in [6, 6.07) is 8.65. The lowest BCUT2D eigenvalue weighted by atomic mass is 10.0. The van der Waals surface area contributed by atoms with Gasteiger partial charge in [-0.25, -0.2) is 0 Å². The van der Waals surface area contributed by atoms with Gasteiger partial charge < -0.3 is 0 Å². The fourth-order valence-corrected chi connectivity index (χ4v) is 1.95. The minimum Gasteiger partial charge on any atom is -0.118 e. The van der Waals surface area contributed by atoms with E-state index in [2.05, 4.69) is 37.3 Å². The van der Waals surface area contributed by atoms with E-state index >= 15 is 0 Å². The van der Waals surface area contributed by atoms with Crippen LogP contribution in [-0.4, -0.2) is 5.38 Å². The molecule has 0 saturated carbocycles. The van der Waals surface area contributed by atoms with Crippen LogP contribution in [0.25, 0.3) is 5.57 Å². The fourth-order valence-electron chi connectivity index (χ4n) is 1.69. The Hall–Kier alpha value is -0.750. The first kappa shape index (κ1) is 8.83. The third-order valence-electron chi connectivity index (χ3n) is 2.49. The van der Waals surface area contributed by atoms with Crippen molar-refractivity contribution in [3.63, 3.8) is 0 Å². The van der Waals surface area contributed by atoms with Gasteiger partial charge in [-0.3, -0.25) is 0 Å². The topological polar surface area (TPSA) is 0 Å². The van der Waals surface area contributed by atoms with Gasteiger partial charge in [-0.1, -0.05) is 35.9 Å². The number of halogens is 1. The molecule has 1 atom stereocenters. The maximum atomic E-state index is 6.01. The van der Waals surface area contributed by atoms with Crippen molar-refractivity contribution >= 4 is 17.2 Å². The molecule has 0 aromatic heterocycles. The predicted molar refractivity (Wildman–Crippen MR) is 58.0 cm³/mol. The van der Waals surface area contributed by atoms with Gasteiger partial charge in [0.1, 0.15) is 0 Å². The Kier molecular flexibility index (Phi) is 2.41. The van der Waals surface area contributed by atoms with Gasteiger partial charge >= 0.3 is 0 Å². The maximum Gasteiger partial charge on any atom is 0.0525 e. The summed E-state index contributed by atoms with van der Waals surface area (Å²) >= 11 is 6.01. The second-order valence-corrected chi connectivity index (χ2v) is 4.17. The van der Waals surface area contributed by atoms with Gasteiger partial charge in [-0.05, 0) is 30.9 Å². The molecule has 0 nitrogen and oxygen atoms in total. The molecular formula is C12H13Cl. The predicted octanol–water partition coefficient (Wildman–Crippen LogP) is 3.78. The van der Waals surface area contributed by atoms with E-state index < -0.39 is 0 Å². The van der Waals surface area contributed by atoms with E-state index in [0.717, 1.165) is 12.8 Å². The van der Waals surface area contributed by atoms with Crippen LogP contribution in [0.3, 0.4) is 0 Å². The molecule has 0 bridgehead atoms. The molecule has 0 amide bonds. The number of alkyl halides is 1. The third-order valence-corrected chi connectivity index (χ3v) is 2.84. The van der Waals surface area contributed by atoms with E-state index in [-0.39, 0.29) is 5.38 Å². The first-order chi connectivity index (χ1) is 6.25. The van der Waals surface area contributed by atoms with Crippen molar-refractivity contribution in [2.45, 2.75) is 25.1 Å². The SMILES string of the molecule is Cc1ccc(C2=CC(Cl)CC2)cc1. The highest BCUT2D eigenvalue weighted by Crippen LogP contribution is 2.30. The number of hydrogen-bond acceptors (Lipinski definition) is 0. The molecule has 0 fully saturated rings. The number of rotatable bonds is 1. The average molecular weight is 193 g/mol. The average Bonchev–Trinajstić information content (AvgIpc) is 2.53. The highest BCUT2D eigenvalue weighted by Gasteiger charge is 2.13. The quantitative estimate of drug-likeness (QED) is 0.594. The first-order valence-corrected chi connectivity index (χ1v) is 5.11. The molecule has 0 aliphatic heterocycles. The molecule has 1 aliphatic rings. The summed E-state index contributed by atoms with van der Waals surface area (Å²) in [5, 5.41) is 0.247. The smallest absolute Gasteiger partial charge is 0.0525 e. The Morgan fingerprint density at radius 1 is 1.23 bits per heavy atom. The summed E-state index contributed by atoms with van der Waals surface area (Å²) in [5.74, 6) is 0. The lowest BCUT2D eigenvalue weighted by Gasteiger charge is -2.01. The Bertz CT molecular complexity index is 321. The Morgan fingerprint density at radius 2 is 1.92 bits per heavy atom. The van der Waals surface area contributed by atoms with Gasteiger partial charge in [0, 0.05) is 0 Å². The maximum absolute atomic E-state index is 6.01. The Balaban J connectivity index is 2.26. The Labute approximate surface area is 84.2 Å². The molecule has 1 heteroatoms. The van der Waals surface area contributed by atoms with Crippen molar-refractivity contribution in [2.24, 2.45) is 0 Å². The lowest BCUT2D eigenvalue weighted by molar-refractivity contribution is 0.942. The van der Waals surface area contributed by atoms with Gasteiger partial charge in [0.2, 0.25) is 0 Å². The summed E-state index contributed by atoms with van der Waals surface area (Å²) in [4.78, 5) is 0. The summed E-state index contributed by atoms with van der Waals surface area (Å²) in [6.45, 7) is 2.11. The molecule has 1 unspecified atom stereocenters. The zero-order valence-electron chi connectivity index (χ0n) is 7.76. The third kappa shape index (κ3) is 1.94. The molecule has 1 aliphatic carbocycles. The van der Waals surface area contributed by atoms with E-state index in [1.54, 1.807) is 0 Å². The second-order valence-electron chi connectivity index (χ2n) is 3.61. The van der Waals surface area contributed by atoms with Crippen molar-refractivity contribution < 1.29 is 0 Å². The van der Waals surface area contributed by atoms with Crippen LogP contribution >= 0.6 is 11.6 Å². The van der Waals surface area contributed by atoms with Crippen LogP contribution in [0.4, 0.5) is 0 Å². The summed E-state index contributed by atoms with van der Waals surface area (Å²) in [6.07, 6.45) is 4.38. The molecule has 0 radical (unpaired) electrons. The molecular weight excluding hydrogens is 180 g/mol. The fraction of sp³-hybridized carbons (Fsp3) is 0.333. The van der Waals surface area contributed by atoms with Crippen molar-refractivity contribution in [3.8, 4) is 0 Å². The molecule has 0 spiro atoms. The van der Waals surface area contributed by atoms with Crippen LogP contribution in [-0.2, 0) is 0 Å². The zero-order chi connectivity index (χ0) is 9.26. The standard InChI is InChI=1S/C12H13Cl/c1-9-2-4-10(5-3-9)11-6-7-12(13)8-11/h2-5,8,12H,6-7H2,1H3. The lowest BCUT2D eigenvalue weighted by Crippen LogP contribution is -1.81. The minimum absolute atomic E-state index is 0.247. The Morgan fingerprint density at radius 3 is 2.46 bits per heavy atom. The van der Waals surface area contributed by atoms with Gasteiger partial charge in [-0.15, -0.1) is 11.6 Å². The van der Waals surface area contributed by atoms with E-state index in [9.17, 15) is 0 Å². The number of hydrogen-bond donors (Lipinski definition) is 0. The highest BCUT2D eigenvalue weighted by molar-refractivity contribution is 6.22. The summed E-state index contributed by atoms with van der Waals surface area (Å²) in [7, 11) is 0. The van der Waals surface area contributed by atoms with Crippen LogP contribution < -0.4 is 0 Å². The summed E-state index contributed by atoms with van der Waals surface area (Å²) < 4.78 is 0. The van der Waals surface area contributed by atoms with Crippen LogP contribution in [0.5, 0.6) is 0 Å². The minimum atomic E-state index is 0.247. The molecule has 13 heavy (non-hydrogen) atoms. The van der Waals surface area contributed by atoms with Crippen LogP contribution in [0.2, 0.25) is 0 Å². The summed E-state index contributed by atoms with van der Waals surface area (Å²) in [5.41, 5.74) is 4.04. The zero-order valence-corrected chi connectivity index (χ0v) is 8.51. The van der Waals surface area contributed by atoms with Gasteiger partial charge in [0.15, 0.2) is 0 Å². The first-order valence-electron chi connectivity index (χ1n) is 4.67. The highest BCUT2D eigenvalue weighted by atomic mass is 35.5. The molecule has 1 aromatic carbocycles. The van der Waals surface area contributed by atoms with Crippen molar-refractivity contribution in [1.82, 2.24) is 0 Å². The van der Waals surface area contributed by atoms with E-state index in [1.165, 1.54) is 16.7 Å². The van der Waals surface area contributed by atoms with E-state index in [4.69, 9.17) is 11.6 Å². The molecule has 0 saturated heterocycles. The van der Waals surface area contributed by atoms with Crippen molar-refractivity contribution in [3.05, 3.63) is 41.5 Å². The van der Waals surface area contributed by atoms with Crippen LogP contribution in [0.15, 0.2) is 30.3 Å². The number of aryl methyl sites for hydroxylation is 1. The largest absolute Gasteiger partial charge is 0.118 e. The molecule has 68 valence electrons. The number of benzene rings is 1. The normalized spacial score (nSPS) is 21.7. The van der Waals surface area contributed by atoms with Crippen molar-refractivity contribution in [1.29, 1.82) is 0 Å². The van der Waals surface area contributed by atoms with Crippen molar-refractivity contribution in [2.75, 3.05) is 0 Å². The molecule has 1 aromatic rings. The van der Waals surface area contributed by atoms with Gasteiger partial charge in [0.05, 0.1) is 5.38 Å². The van der Waals surface area contributed by atoms with E-state index in [1.807, 2.05) is 0 Å². The molecule has 0 heterocycles. The molecule has 2 rings (SSSR count). The van der Waals surface area contributed by atoms with Crippen LogP contribution in [0, 0.1) is 6.92 Å². The van der Waals surface area contributed by atoms with Gasteiger partial charge in [0.25, 0.3) is 0 Å².